The summed E-state index contributed by atoms with van der Waals surface area (Å²) in [6.45, 7) is 3.97. The maximum atomic E-state index is 10.8. The van der Waals surface area contributed by atoms with Crippen LogP contribution in [-0.2, 0) is 4.79 Å². The highest BCUT2D eigenvalue weighted by Crippen LogP contribution is 2.11. The van der Waals surface area contributed by atoms with Crippen LogP contribution in [0.15, 0.2) is 12.2 Å². The summed E-state index contributed by atoms with van der Waals surface area (Å²) in [5.41, 5.74) is 0. The molecule has 0 radical (unpaired) electrons. The van der Waals surface area contributed by atoms with Crippen LogP contribution in [0, 0.1) is 0 Å². The molecule has 0 unspecified atom stereocenters. The molecule has 0 heterocycles. The SMILES string of the molecule is CCCCCCC/C=C/CCCCCCCCCCC(C)=O. The summed E-state index contributed by atoms with van der Waals surface area (Å²) >= 11 is 0. The third-order valence-corrected chi connectivity index (χ3v) is 4.29. The van der Waals surface area contributed by atoms with Gasteiger partial charge in [0.05, 0.1) is 0 Å². The van der Waals surface area contributed by atoms with Crippen LogP contribution in [0.1, 0.15) is 117 Å². The predicted octanol–water partition coefficient (Wildman–Crippen LogP) is 7.39. The lowest BCUT2D eigenvalue weighted by Crippen LogP contribution is -1.89. The van der Waals surface area contributed by atoms with Gasteiger partial charge in [0.25, 0.3) is 0 Å². The summed E-state index contributed by atoms with van der Waals surface area (Å²) < 4.78 is 0. The predicted molar refractivity (Wildman–Crippen MR) is 99.4 cm³/mol. The molecule has 0 aliphatic rings. The molecule has 22 heavy (non-hydrogen) atoms. The van der Waals surface area contributed by atoms with Crippen molar-refractivity contribution in [1.82, 2.24) is 0 Å². The smallest absolute Gasteiger partial charge is 0.129 e. The van der Waals surface area contributed by atoms with Gasteiger partial charge in [-0.15, -0.1) is 0 Å². The average Bonchev–Trinajstić information content (AvgIpc) is 2.50. The van der Waals surface area contributed by atoms with Crippen LogP contribution in [0.4, 0.5) is 0 Å². The van der Waals surface area contributed by atoms with Gasteiger partial charge in [-0.2, -0.15) is 0 Å². The second kappa shape index (κ2) is 18.5. The van der Waals surface area contributed by atoms with Gasteiger partial charge in [0, 0.05) is 6.42 Å². The van der Waals surface area contributed by atoms with E-state index in [2.05, 4.69) is 19.1 Å². The van der Waals surface area contributed by atoms with E-state index < -0.39 is 0 Å². The summed E-state index contributed by atoms with van der Waals surface area (Å²) in [6.07, 6.45) is 25.6. The fraction of sp³-hybridized carbons (Fsp3) is 0.857. The summed E-state index contributed by atoms with van der Waals surface area (Å²) in [4.78, 5) is 10.8. The van der Waals surface area contributed by atoms with E-state index in [4.69, 9.17) is 0 Å². The van der Waals surface area contributed by atoms with Crippen LogP contribution in [0.5, 0.6) is 0 Å². The van der Waals surface area contributed by atoms with Crippen LogP contribution in [-0.4, -0.2) is 5.78 Å². The molecular weight excluding hydrogens is 268 g/mol. The van der Waals surface area contributed by atoms with E-state index in [-0.39, 0.29) is 0 Å². The first-order valence-corrected chi connectivity index (χ1v) is 9.91. The minimum atomic E-state index is 0.342. The first kappa shape index (κ1) is 21.4. The van der Waals surface area contributed by atoms with Crippen molar-refractivity contribution in [2.75, 3.05) is 0 Å². The zero-order valence-corrected chi connectivity index (χ0v) is 15.4. The lowest BCUT2D eigenvalue weighted by molar-refractivity contribution is -0.117. The minimum absolute atomic E-state index is 0.342. The second-order valence-electron chi connectivity index (χ2n) is 6.74. The maximum Gasteiger partial charge on any atom is 0.129 e. The third kappa shape index (κ3) is 19.4. The number of ketones is 1. The van der Waals surface area contributed by atoms with E-state index in [9.17, 15) is 4.79 Å². The Labute approximate surface area is 140 Å². The number of rotatable bonds is 17. The molecule has 0 spiro atoms. The van der Waals surface area contributed by atoms with Gasteiger partial charge in [0.15, 0.2) is 0 Å². The van der Waals surface area contributed by atoms with Crippen molar-refractivity contribution < 1.29 is 4.79 Å². The van der Waals surface area contributed by atoms with Gasteiger partial charge >= 0.3 is 0 Å². The topological polar surface area (TPSA) is 17.1 Å². The Bertz CT molecular complexity index is 255. The van der Waals surface area contributed by atoms with Gasteiger partial charge in [-0.1, -0.05) is 83.3 Å². The fourth-order valence-corrected chi connectivity index (χ4v) is 2.80. The molecule has 0 aromatic heterocycles. The molecule has 0 bridgehead atoms. The summed E-state index contributed by atoms with van der Waals surface area (Å²) in [7, 11) is 0. The van der Waals surface area contributed by atoms with E-state index in [1.54, 1.807) is 6.92 Å². The monoisotopic (exact) mass is 308 g/mol. The van der Waals surface area contributed by atoms with Crippen molar-refractivity contribution in [2.45, 2.75) is 117 Å². The van der Waals surface area contributed by atoms with Crippen LogP contribution in [0.2, 0.25) is 0 Å². The van der Waals surface area contributed by atoms with E-state index >= 15 is 0 Å². The summed E-state index contributed by atoms with van der Waals surface area (Å²) in [5.74, 6) is 0.342. The molecule has 0 aliphatic heterocycles. The lowest BCUT2D eigenvalue weighted by atomic mass is 10.1. The standard InChI is InChI=1S/C21H40O/c1-3-4-5-6-7-8-9-10-11-12-13-14-15-16-17-18-19-20-21(2)22/h9-10H,3-8,11-20H2,1-2H3/b10-9+. The van der Waals surface area contributed by atoms with Gasteiger partial charge in [-0.3, -0.25) is 0 Å². The number of carbonyl (C=O) groups excluding carboxylic acids is 1. The first-order chi connectivity index (χ1) is 10.8. The highest BCUT2D eigenvalue weighted by atomic mass is 16.1. The number of unbranched alkanes of at least 4 members (excludes halogenated alkanes) is 13. The van der Waals surface area contributed by atoms with Gasteiger partial charge in [0.1, 0.15) is 5.78 Å². The Morgan fingerprint density at radius 1 is 0.636 bits per heavy atom. The molecule has 0 fully saturated rings. The van der Waals surface area contributed by atoms with Crippen molar-refractivity contribution >= 4 is 5.78 Å². The lowest BCUT2D eigenvalue weighted by Gasteiger charge is -2.01. The number of hydrogen-bond donors (Lipinski definition) is 0. The Balaban J connectivity index is 3.06. The van der Waals surface area contributed by atoms with Crippen LogP contribution in [0.25, 0.3) is 0 Å². The van der Waals surface area contributed by atoms with E-state index in [1.165, 1.54) is 89.9 Å². The van der Waals surface area contributed by atoms with Crippen molar-refractivity contribution in [1.29, 1.82) is 0 Å². The normalized spacial score (nSPS) is 11.4. The van der Waals surface area contributed by atoms with Gasteiger partial charge in [0.2, 0.25) is 0 Å². The van der Waals surface area contributed by atoms with Gasteiger partial charge in [-0.25, -0.2) is 0 Å². The molecule has 0 aromatic rings. The molecule has 0 rings (SSSR count). The van der Waals surface area contributed by atoms with Crippen LogP contribution < -0.4 is 0 Å². The highest BCUT2D eigenvalue weighted by Gasteiger charge is 1.94. The van der Waals surface area contributed by atoms with E-state index in [1.807, 2.05) is 0 Å². The minimum Gasteiger partial charge on any atom is -0.300 e. The Kier molecular flexibility index (Phi) is 18.0. The third-order valence-electron chi connectivity index (χ3n) is 4.29. The Hall–Kier alpha value is -0.590. The van der Waals surface area contributed by atoms with E-state index in [0.717, 1.165) is 12.8 Å². The number of allylic oxidation sites excluding steroid dienone is 2. The zero-order chi connectivity index (χ0) is 16.3. The number of hydrogen-bond acceptors (Lipinski definition) is 1. The molecule has 1 nitrogen and oxygen atoms in total. The van der Waals surface area contributed by atoms with Crippen LogP contribution >= 0.6 is 0 Å². The van der Waals surface area contributed by atoms with Gasteiger partial charge in [-0.05, 0) is 39.0 Å². The largest absolute Gasteiger partial charge is 0.300 e. The molecule has 0 N–H and O–H groups in total. The molecule has 0 aliphatic carbocycles. The fourth-order valence-electron chi connectivity index (χ4n) is 2.80. The second-order valence-corrected chi connectivity index (χ2v) is 6.74. The van der Waals surface area contributed by atoms with Gasteiger partial charge < -0.3 is 4.79 Å². The van der Waals surface area contributed by atoms with Crippen molar-refractivity contribution in [3.05, 3.63) is 12.2 Å². The van der Waals surface area contributed by atoms with Crippen molar-refractivity contribution in [3.63, 3.8) is 0 Å². The maximum absolute atomic E-state index is 10.8. The Morgan fingerprint density at radius 3 is 1.50 bits per heavy atom. The summed E-state index contributed by atoms with van der Waals surface area (Å²) in [6, 6.07) is 0. The van der Waals surface area contributed by atoms with Crippen molar-refractivity contribution in [2.24, 2.45) is 0 Å². The number of Topliss-reactive ketones (excluding diaryl/α,β-unsaturated/α-hetero) is 1. The first-order valence-electron chi connectivity index (χ1n) is 9.91. The molecule has 0 saturated carbocycles. The molecule has 0 atom stereocenters. The summed E-state index contributed by atoms with van der Waals surface area (Å²) in [5, 5.41) is 0. The molecular formula is C21H40O. The molecule has 1 heteroatoms. The molecule has 0 saturated heterocycles. The zero-order valence-electron chi connectivity index (χ0n) is 15.4. The number of carbonyl (C=O) groups is 1. The molecule has 0 amide bonds. The van der Waals surface area contributed by atoms with E-state index in [0.29, 0.717) is 5.78 Å². The molecule has 0 aromatic carbocycles. The molecule has 130 valence electrons. The Morgan fingerprint density at radius 2 is 1.05 bits per heavy atom. The average molecular weight is 309 g/mol. The highest BCUT2D eigenvalue weighted by molar-refractivity contribution is 5.75. The van der Waals surface area contributed by atoms with Crippen molar-refractivity contribution in [3.8, 4) is 0 Å². The van der Waals surface area contributed by atoms with Crippen LogP contribution in [0.3, 0.4) is 0 Å². The quantitative estimate of drug-likeness (QED) is 0.202.